The fraction of sp³-hybridized carbons (Fsp3) is 1.00. The highest BCUT2D eigenvalue weighted by molar-refractivity contribution is 4.62. The number of unbranched alkanes of at least 4 members (excludes halogenated alkanes) is 2. The molecule has 96 valence electrons. The van der Waals surface area contributed by atoms with Crippen molar-refractivity contribution in [2.75, 3.05) is 6.61 Å². The smallest absolute Gasteiger partial charge is 0.157 e. The summed E-state index contributed by atoms with van der Waals surface area (Å²) in [7, 11) is 0. The van der Waals surface area contributed by atoms with Gasteiger partial charge >= 0.3 is 0 Å². The van der Waals surface area contributed by atoms with Crippen LogP contribution in [-0.2, 0) is 9.47 Å². The van der Waals surface area contributed by atoms with Crippen molar-refractivity contribution in [3.8, 4) is 0 Å². The van der Waals surface area contributed by atoms with E-state index in [-0.39, 0.29) is 6.29 Å². The van der Waals surface area contributed by atoms with Crippen molar-refractivity contribution in [3.05, 3.63) is 0 Å². The summed E-state index contributed by atoms with van der Waals surface area (Å²) >= 11 is 0. The lowest BCUT2D eigenvalue weighted by molar-refractivity contribution is -0.190. The highest BCUT2D eigenvalue weighted by Gasteiger charge is 2.18. The van der Waals surface area contributed by atoms with Crippen LogP contribution in [0.5, 0.6) is 0 Å². The molecule has 2 unspecified atom stereocenters. The molecule has 0 aliphatic carbocycles. The molecule has 1 heterocycles. The molecule has 0 bridgehead atoms. The molecule has 2 heteroatoms. The predicted octanol–water partition coefficient (Wildman–Crippen LogP) is 4.28. The van der Waals surface area contributed by atoms with Crippen LogP contribution in [0.1, 0.15) is 71.6 Å². The Morgan fingerprint density at radius 1 is 1.12 bits per heavy atom. The molecule has 0 aromatic carbocycles. The summed E-state index contributed by atoms with van der Waals surface area (Å²) in [6, 6.07) is 0. The third-order valence-electron chi connectivity index (χ3n) is 3.22. The first kappa shape index (κ1) is 14.0. The lowest BCUT2D eigenvalue weighted by Crippen LogP contribution is -2.28. The Bertz CT molecular complexity index is 153. The van der Waals surface area contributed by atoms with Crippen LogP contribution in [0.15, 0.2) is 0 Å². The van der Waals surface area contributed by atoms with Crippen molar-refractivity contribution in [2.24, 2.45) is 0 Å². The Hall–Kier alpha value is -0.0800. The van der Waals surface area contributed by atoms with Crippen LogP contribution in [-0.4, -0.2) is 19.0 Å². The largest absolute Gasteiger partial charge is 0.353 e. The summed E-state index contributed by atoms with van der Waals surface area (Å²) in [4.78, 5) is 0. The Kier molecular flexibility index (Phi) is 7.87. The molecule has 0 spiro atoms. The summed E-state index contributed by atoms with van der Waals surface area (Å²) in [5, 5.41) is 0. The molecular weight excluding hydrogens is 200 g/mol. The average molecular weight is 228 g/mol. The SMILES string of the molecule is CCCCCC(CCC)OC1CCCCO1. The van der Waals surface area contributed by atoms with Crippen LogP contribution in [0.3, 0.4) is 0 Å². The summed E-state index contributed by atoms with van der Waals surface area (Å²) in [6.07, 6.45) is 11.6. The van der Waals surface area contributed by atoms with Crippen LogP contribution in [0.25, 0.3) is 0 Å². The molecule has 0 saturated carbocycles. The highest BCUT2D eigenvalue weighted by atomic mass is 16.7. The predicted molar refractivity (Wildman–Crippen MR) is 67.5 cm³/mol. The van der Waals surface area contributed by atoms with Gasteiger partial charge in [0.1, 0.15) is 0 Å². The number of hydrogen-bond donors (Lipinski definition) is 0. The molecule has 1 aliphatic heterocycles. The van der Waals surface area contributed by atoms with Gasteiger partial charge in [-0.1, -0.05) is 39.5 Å². The lowest BCUT2D eigenvalue weighted by atomic mass is 10.1. The van der Waals surface area contributed by atoms with Crippen LogP contribution in [0, 0.1) is 0 Å². The van der Waals surface area contributed by atoms with Crippen molar-refractivity contribution in [1.29, 1.82) is 0 Å². The topological polar surface area (TPSA) is 18.5 Å². The summed E-state index contributed by atoms with van der Waals surface area (Å²) in [5.41, 5.74) is 0. The fourth-order valence-electron chi connectivity index (χ4n) is 2.26. The zero-order valence-electron chi connectivity index (χ0n) is 11.0. The van der Waals surface area contributed by atoms with Crippen molar-refractivity contribution in [2.45, 2.75) is 84.0 Å². The molecule has 2 atom stereocenters. The molecule has 0 radical (unpaired) electrons. The summed E-state index contributed by atoms with van der Waals surface area (Å²) in [6.45, 7) is 5.37. The molecule has 0 aromatic heterocycles. The monoisotopic (exact) mass is 228 g/mol. The number of ether oxygens (including phenoxy) is 2. The Morgan fingerprint density at radius 2 is 2.00 bits per heavy atom. The Labute approximate surface area is 101 Å². The molecule has 16 heavy (non-hydrogen) atoms. The first-order valence-corrected chi connectivity index (χ1v) is 7.13. The van der Waals surface area contributed by atoms with E-state index >= 15 is 0 Å². The average Bonchev–Trinajstić information content (AvgIpc) is 2.31. The second kappa shape index (κ2) is 9.00. The maximum absolute atomic E-state index is 6.06. The van der Waals surface area contributed by atoms with Gasteiger partial charge in [-0.05, 0) is 32.1 Å². The van der Waals surface area contributed by atoms with E-state index in [0.29, 0.717) is 6.10 Å². The van der Waals surface area contributed by atoms with Gasteiger partial charge in [-0.25, -0.2) is 0 Å². The second-order valence-electron chi connectivity index (χ2n) is 4.84. The van der Waals surface area contributed by atoms with Crippen molar-refractivity contribution >= 4 is 0 Å². The van der Waals surface area contributed by atoms with Crippen LogP contribution in [0.2, 0.25) is 0 Å². The van der Waals surface area contributed by atoms with Gasteiger partial charge in [0.25, 0.3) is 0 Å². The zero-order chi connectivity index (χ0) is 11.6. The van der Waals surface area contributed by atoms with Gasteiger partial charge in [0.2, 0.25) is 0 Å². The summed E-state index contributed by atoms with van der Waals surface area (Å²) < 4.78 is 11.7. The lowest BCUT2D eigenvalue weighted by Gasteiger charge is -2.27. The number of hydrogen-bond acceptors (Lipinski definition) is 2. The maximum atomic E-state index is 6.06. The van der Waals surface area contributed by atoms with Gasteiger partial charge in [0, 0.05) is 6.61 Å². The molecule has 0 amide bonds. The normalized spacial score (nSPS) is 23.2. The minimum absolute atomic E-state index is 0.0897. The van der Waals surface area contributed by atoms with Gasteiger partial charge in [0.05, 0.1) is 6.10 Å². The molecule has 0 N–H and O–H groups in total. The van der Waals surface area contributed by atoms with Gasteiger partial charge in [-0.15, -0.1) is 0 Å². The van der Waals surface area contributed by atoms with E-state index < -0.39 is 0 Å². The van der Waals surface area contributed by atoms with Crippen molar-refractivity contribution in [3.63, 3.8) is 0 Å². The highest BCUT2D eigenvalue weighted by Crippen LogP contribution is 2.20. The van der Waals surface area contributed by atoms with Crippen LogP contribution >= 0.6 is 0 Å². The van der Waals surface area contributed by atoms with Gasteiger partial charge in [-0.3, -0.25) is 0 Å². The minimum atomic E-state index is 0.0897. The standard InChI is InChI=1S/C14H28O2/c1-3-5-6-10-13(9-4-2)16-14-11-7-8-12-15-14/h13-14H,3-12H2,1-2H3. The quantitative estimate of drug-likeness (QED) is 0.577. The van der Waals surface area contributed by atoms with E-state index in [9.17, 15) is 0 Å². The third kappa shape index (κ3) is 5.86. The van der Waals surface area contributed by atoms with E-state index in [1.165, 1.54) is 51.4 Å². The summed E-state index contributed by atoms with van der Waals surface area (Å²) in [5.74, 6) is 0. The van der Waals surface area contributed by atoms with Crippen LogP contribution < -0.4 is 0 Å². The molecule has 2 nitrogen and oxygen atoms in total. The van der Waals surface area contributed by atoms with E-state index in [2.05, 4.69) is 13.8 Å². The number of rotatable bonds is 8. The van der Waals surface area contributed by atoms with Crippen molar-refractivity contribution < 1.29 is 9.47 Å². The van der Waals surface area contributed by atoms with E-state index in [1.807, 2.05) is 0 Å². The minimum Gasteiger partial charge on any atom is -0.353 e. The van der Waals surface area contributed by atoms with Gasteiger partial charge in [0.15, 0.2) is 6.29 Å². The van der Waals surface area contributed by atoms with E-state index in [1.54, 1.807) is 0 Å². The van der Waals surface area contributed by atoms with Gasteiger partial charge in [-0.2, -0.15) is 0 Å². The molecule has 1 fully saturated rings. The van der Waals surface area contributed by atoms with E-state index in [4.69, 9.17) is 9.47 Å². The Morgan fingerprint density at radius 3 is 2.62 bits per heavy atom. The first-order valence-electron chi connectivity index (χ1n) is 7.13. The first-order chi connectivity index (χ1) is 7.86. The maximum Gasteiger partial charge on any atom is 0.157 e. The second-order valence-corrected chi connectivity index (χ2v) is 4.84. The van der Waals surface area contributed by atoms with Crippen LogP contribution in [0.4, 0.5) is 0 Å². The molecule has 1 aliphatic rings. The van der Waals surface area contributed by atoms with Gasteiger partial charge < -0.3 is 9.47 Å². The molecule has 1 rings (SSSR count). The zero-order valence-corrected chi connectivity index (χ0v) is 11.0. The molecule has 0 aromatic rings. The third-order valence-corrected chi connectivity index (χ3v) is 3.22. The molecule has 1 saturated heterocycles. The Balaban J connectivity index is 2.19. The fourth-order valence-corrected chi connectivity index (χ4v) is 2.26. The van der Waals surface area contributed by atoms with E-state index in [0.717, 1.165) is 13.0 Å². The van der Waals surface area contributed by atoms with Crippen molar-refractivity contribution in [1.82, 2.24) is 0 Å². The molecular formula is C14H28O2.